The molecule has 1 N–H and O–H groups in total. The highest BCUT2D eigenvalue weighted by Crippen LogP contribution is 2.25. The van der Waals surface area contributed by atoms with Crippen LogP contribution in [0.3, 0.4) is 0 Å². The number of hydrogen-bond acceptors (Lipinski definition) is 4. The molecule has 0 heterocycles. The van der Waals surface area contributed by atoms with E-state index in [1.54, 1.807) is 30.3 Å². The van der Waals surface area contributed by atoms with Crippen molar-refractivity contribution in [2.45, 2.75) is 26.7 Å². The first-order valence-electron chi connectivity index (χ1n) is 8.94. The second-order valence-corrected chi connectivity index (χ2v) is 7.95. The van der Waals surface area contributed by atoms with Gasteiger partial charge in [-0.05, 0) is 37.1 Å². The van der Waals surface area contributed by atoms with E-state index in [0.717, 1.165) is 11.8 Å². The predicted octanol–water partition coefficient (Wildman–Crippen LogP) is 3.44. The van der Waals surface area contributed by atoms with Crippen molar-refractivity contribution in [1.82, 2.24) is 0 Å². The van der Waals surface area contributed by atoms with Gasteiger partial charge in [0.2, 0.25) is 15.9 Å². The first-order chi connectivity index (χ1) is 12.9. The molecule has 0 spiro atoms. The molecule has 0 aliphatic carbocycles. The van der Waals surface area contributed by atoms with E-state index in [4.69, 9.17) is 4.74 Å². The van der Waals surface area contributed by atoms with E-state index in [9.17, 15) is 13.2 Å². The summed E-state index contributed by atoms with van der Waals surface area (Å²) in [6.45, 7) is 4.39. The normalized spacial score (nSPS) is 11.1. The van der Waals surface area contributed by atoms with Crippen molar-refractivity contribution >= 4 is 27.3 Å². The first-order valence-corrected chi connectivity index (χ1v) is 10.8. The highest BCUT2D eigenvalue weighted by molar-refractivity contribution is 7.92. The molecule has 1 amide bonds. The maximum absolute atomic E-state index is 12.4. The molecule has 0 aromatic heterocycles. The van der Waals surface area contributed by atoms with Gasteiger partial charge in [0.1, 0.15) is 5.75 Å². The van der Waals surface area contributed by atoms with E-state index in [2.05, 4.69) is 5.32 Å². The second kappa shape index (κ2) is 9.41. The smallest absolute Gasteiger partial charge is 0.232 e. The van der Waals surface area contributed by atoms with Crippen LogP contribution in [0.2, 0.25) is 0 Å². The largest absolute Gasteiger partial charge is 0.492 e. The number of hydrogen-bond donors (Lipinski definition) is 1. The van der Waals surface area contributed by atoms with Crippen molar-refractivity contribution in [1.29, 1.82) is 0 Å². The van der Waals surface area contributed by atoms with Gasteiger partial charge in [0, 0.05) is 13.0 Å². The van der Waals surface area contributed by atoms with Crippen LogP contribution >= 0.6 is 0 Å². The standard InChI is InChI=1S/C20H26N2O4S/c1-4-16-10-6-8-12-18(16)22(27(3,24)25)15-14-20(23)21-17-11-7-9-13-19(17)26-5-2/h6-13H,4-5,14-15H2,1-3H3,(H,21,23). The quantitative estimate of drug-likeness (QED) is 0.712. The van der Waals surface area contributed by atoms with E-state index in [1.807, 2.05) is 32.0 Å². The SMILES string of the molecule is CCOc1ccccc1NC(=O)CCN(c1ccccc1CC)S(C)(=O)=O. The molecule has 0 saturated heterocycles. The Bertz CT molecular complexity index is 881. The predicted molar refractivity (Wildman–Crippen MR) is 109 cm³/mol. The molecule has 2 rings (SSSR count). The van der Waals surface area contributed by atoms with Crippen molar-refractivity contribution in [3.05, 3.63) is 54.1 Å². The minimum atomic E-state index is -3.51. The van der Waals surface area contributed by atoms with Gasteiger partial charge in [-0.25, -0.2) is 8.42 Å². The Morgan fingerprint density at radius 3 is 2.41 bits per heavy atom. The lowest BCUT2D eigenvalue weighted by Crippen LogP contribution is -2.33. The van der Waals surface area contributed by atoms with Crippen LogP contribution in [0.25, 0.3) is 0 Å². The number of anilines is 2. The van der Waals surface area contributed by atoms with Crippen LogP contribution in [0.5, 0.6) is 5.75 Å². The van der Waals surface area contributed by atoms with Gasteiger partial charge in [0.15, 0.2) is 0 Å². The molecule has 0 fully saturated rings. The van der Waals surface area contributed by atoms with Crippen LogP contribution in [0.15, 0.2) is 48.5 Å². The molecular formula is C20H26N2O4S. The van der Waals surface area contributed by atoms with Crippen LogP contribution in [0.4, 0.5) is 11.4 Å². The molecule has 0 aliphatic heterocycles. The topological polar surface area (TPSA) is 75.7 Å². The number of ether oxygens (including phenoxy) is 1. The van der Waals surface area contributed by atoms with Crippen molar-refractivity contribution in [3.8, 4) is 5.75 Å². The summed E-state index contributed by atoms with van der Waals surface area (Å²) in [6, 6.07) is 14.5. The van der Waals surface area contributed by atoms with Crippen LogP contribution in [-0.4, -0.2) is 33.7 Å². The van der Waals surface area contributed by atoms with Gasteiger partial charge < -0.3 is 10.1 Å². The average Bonchev–Trinajstić information content (AvgIpc) is 2.63. The third-order valence-corrected chi connectivity index (χ3v) is 5.22. The Kier molecular flexibility index (Phi) is 7.24. The minimum Gasteiger partial charge on any atom is -0.492 e. The maximum Gasteiger partial charge on any atom is 0.232 e. The Hall–Kier alpha value is -2.54. The Morgan fingerprint density at radius 2 is 1.74 bits per heavy atom. The number of nitrogens with one attached hydrogen (secondary N) is 1. The summed E-state index contributed by atoms with van der Waals surface area (Å²) in [6.07, 6.45) is 1.89. The lowest BCUT2D eigenvalue weighted by Gasteiger charge is -2.24. The highest BCUT2D eigenvalue weighted by atomic mass is 32.2. The molecule has 0 aliphatic rings. The molecule has 2 aromatic rings. The summed E-state index contributed by atoms with van der Waals surface area (Å²) in [5.41, 5.74) is 2.11. The van der Waals surface area contributed by atoms with Crippen molar-refractivity contribution in [2.24, 2.45) is 0 Å². The molecule has 0 bridgehead atoms. The van der Waals surface area contributed by atoms with Gasteiger partial charge in [-0.2, -0.15) is 0 Å². The number of carbonyl (C=O) groups excluding carboxylic acids is 1. The Balaban J connectivity index is 2.13. The fourth-order valence-corrected chi connectivity index (χ4v) is 3.74. The number of sulfonamides is 1. The summed E-state index contributed by atoms with van der Waals surface area (Å²) in [4.78, 5) is 12.4. The summed E-state index contributed by atoms with van der Waals surface area (Å²) in [5.74, 6) is 0.314. The maximum atomic E-state index is 12.4. The number of benzene rings is 2. The van der Waals surface area contributed by atoms with E-state index < -0.39 is 10.0 Å². The summed E-state index contributed by atoms with van der Waals surface area (Å²) in [5, 5.41) is 2.80. The zero-order chi connectivity index (χ0) is 19.9. The monoisotopic (exact) mass is 390 g/mol. The van der Waals surface area contributed by atoms with Gasteiger partial charge in [-0.3, -0.25) is 9.10 Å². The molecule has 146 valence electrons. The fourth-order valence-electron chi connectivity index (χ4n) is 2.79. The van der Waals surface area contributed by atoms with Crippen molar-refractivity contribution in [2.75, 3.05) is 29.0 Å². The number of carbonyl (C=O) groups is 1. The van der Waals surface area contributed by atoms with E-state index >= 15 is 0 Å². The van der Waals surface area contributed by atoms with E-state index in [1.165, 1.54) is 4.31 Å². The molecule has 6 nitrogen and oxygen atoms in total. The summed E-state index contributed by atoms with van der Waals surface area (Å²) >= 11 is 0. The van der Waals surface area contributed by atoms with Crippen LogP contribution in [-0.2, 0) is 21.2 Å². The number of amides is 1. The number of para-hydroxylation sites is 3. The Labute approximate surface area is 161 Å². The third kappa shape index (κ3) is 5.72. The third-order valence-electron chi connectivity index (χ3n) is 4.04. The van der Waals surface area contributed by atoms with Crippen molar-refractivity contribution in [3.63, 3.8) is 0 Å². The number of nitrogens with zero attached hydrogens (tertiary/aromatic N) is 1. The molecule has 27 heavy (non-hydrogen) atoms. The fraction of sp³-hybridized carbons (Fsp3) is 0.350. The summed E-state index contributed by atoms with van der Waals surface area (Å²) < 4.78 is 31.4. The number of aryl methyl sites for hydroxylation is 1. The Morgan fingerprint density at radius 1 is 1.07 bits per heavy atom. The molecule has 0 atom stereocenters. The molecule has 0 unspecified atom stereocenters. The van der Waals surface area contributed by atoms with E-state index in [-0.39, 0.29) is 18.9 Å². The minimum absolute atomic E-state index is 0.0333. The first kappa shape index (κ1) is 20.8. The zero-order valence-electron chi connectivity index (χ0n) is 15.9. The van der Waals surface area contributed by atoms with Gasteiger partial charge in [0.05, 0.1) is 24.2 Å². The lowest BCUT2D eigenvalue weighted by molar-refractivity contribution is -0.116. The molecule has 7 heteroatoms. The van der Waals surface area contributed by atoms with Gasteiger partial charge in [0.25, 0.3) is 0 Å². The van der Waals surface area contributed by atoms with Crippen molar-refractivity contribution < 1.29 is 17.9 Å². The molecule has 2 aromatic carbocycles. The molecular weight excluding hydrogens is 364 g/mol. The van der Waals surface area contributed by atoms with Crippen LogP contribution < -0.4 is 14.4 Å². The average molecular weight is 391 g/mol. The zero-order valence-corrected chi connectivity index (χ0v) is 16.8. The van der Waals surface area contributed by atoms with Crippen LogP contribution in [0.1, 0.15) is 25.8 Å². The van der Waals surface area contributed by atoms with Crippen LogP contribution in [0, 0.1) is 0 Å². The van der Waals surface area contributed by atoms with Gasteiger partial charge in [-0.15, -0.1) is 0 Å². The highest BCUT2D eigenvalue weighted by Gasteiger charge is 2.21. The second-order valence-electron chi connectivity index (χ2n) is 6.04. The van der Waals surface area contributed by atoms with Gasteiger partial charge in [-0.1, -0.05) is 37.3 Å². The summed E-state index contributed by atoms with van der Waals surface area (Å²) in [7, 11) is -3.51. The lowest BCUT2D eigenvalue weighted by atomic mass is 10.1. The molecule has 0 saturated carbocycles. The molecule has 0 radical (unpaired) electrons. The van der Waals surface area contributed by atoms with Gasteiger partial charge >= 0.3 is 0 Å². The number of rotatable bonds is 9. The van der Waals surface area contributed by atoms with E-state index in [0.29, 0.717) is 30.2 Å².